The lowest BCUT2D eigenvalue weighted by Crippen LogP contribution is -2.16. The Balaban J connectivity index is 0.000000140. The summed E-state index contributed by atoms with van der Waals surface area (Å²) >= 11 is 0. The monoisotopic (exact) mass is 202 g/mol. The van der Waals surface area contributed by atoms with Gasteiger partial charge in [-0.1, -0.05) is 0 Å². The van der Waals surface area contributed by atoms with Gasteiger partial charge in [0.05, 0.1) is 19.5 Å². The molecule has 1 saturated heterocycles. The minimum atomic E-state index is -0.623. The molecule has 2 aliphatic rings. The van der Waals surface area contributed by atoms with Crippen LogP contribution >= 0.6 is 0 Å². The van der Waals surface area contributed by atoms with Crippen LogP contribution in [0.5, 0.6) is 0 Å². The number of rotatable bonds is 0. The Morgan fingerprint density at radius 2 is 1.71 bits per heavy atom. The first kappa shape index (κ1) is 10.4. The van der Waals surface area contributed by atoms with Gasteiger partial charge >= 0.3 is 12.3 Å². The summed E-state index contributed by atoms with van der Waals surface area (Å²) in [5.41, 5.74) is 0. The van der Waals surface area contributed by atoms with Gasteiger partial charge in [-0.05, 0) is 6.08 Å². The number of cyclic esters (lactones) is 4. The van der Waals surface area contributed by atoms with Crippen molar-refractivity contribution in [3.63, 3.8) is 0 Å². The molecule has 0 aliphatic carbocycles. The minimum absolute atomic E-state index is 0.332. The van der Waals surface area contributed by atoms with Crippen LogP contribution in [0.15, 0.2) is 12.3 Å². The van der Waals surface area contributed by atoms with E-state index >= 15 is 0 Å². The molecule has 0 saturated carbocycles. The van der Waals surface area contributed by atoms with Crippen LogP contribution in [0.2, 0.25) is 0 Å². The normalized spacial score (nSPS) is 19.1. The van der Waals surface area contributed by atoms with Crippen molar-refractivity contribution < 1.29 is 28.5 Å². The van der Waals surface area contributed by atoms with E-state index in [0.717, 1.165) is 6.42 Å². The van der Waals surface area contributed by atoms with Crippen LogP contribution < -0.4 is 0 Å². The third-order valence-electron chi connectivity index (χ3n) is 1.29. The summed E-state index contributed by atoms with van der Waals surface area (Å²) in [5, 5.41) is 0. The van der Waals surface area contributed by atoms with Gasteiger partial charge in [-0.15, -0.1) is 0 Å². The first-order valence-electron chi connectivity index (χ1n) is 4.07. The smallest absolute Gasteiger partial charge is 0.434 e. The maximum absolute atomic E-state index is 10.0. The molecule has 0 atom stereocenters. The van der Waals surface area contributed by atoms with E-state index in [1.54, 1.807) is 6.08 Å². The Hall–Kier alpha value is -1.72. The Morgan fingerprint density at radius 3 is 2.00 bits per heavy atom. The molecule has 0 bridgehead atoms. The summed E-state index contributed by atoms with van der Waals surface area (Å²) in [6.07, 6.45) is 2.59. The second kappa shape index (κ2) is 5.85. The van der Waals surface area contributed by atoms with E-state index in [9.17, 15) is 9.59 Å². The van der Waals surface area contributed by atoms with Crippen LogP contribution in [0.1, 0.15) is 6.42 Å². The minimum Gasteiger partial charge on any atom is -0.434 e. The summed E-state index contributed by atoms with van der Waals surface area (Å²) in [6.45, 7) is 1.36. The van der Waals surface area contributed by atoms with Crippen LogP contribution in [-0.2, 0) is 18.9 Å². The third-order valence-corrected chi connectivity index (χ3v) is 1.29. The maximum Gasteiger partial charge on any atom is 0.513 e. The van der Waals surface area contributed by atoms with Gasteiger partial charge in [0.1, 0.15) is 6.61 Å². The molecule has 14 heavy (non-hydrogen) atoms. The zero-order valence-electron chi connectivity index (χ0n) is 7.43. The molecule has 0 unspecified atom stereocenters. The van der Waals surface area contributed by atoms with Crippen molar-refractivity contribution >= 4 is 12.3 Å². The molecule has 0 N–H and O–H groups in total. The highest BCUT2D eigenvalue weighted by Gasteiger charge is 2.07. The maximum atomic E-state index is 10.0. The molecule has 1 fully saturated rings. The van der Waals surface area contributed by atoms with Crippen LogP contribution in [0, 0.1) is 0 Å². The molecule has 78 valence electrons. The number of ether oxygens (including phenoxy) is 4. The molecule has 6 heteroatoms. The second-order valence-corrected chi connectivity index (χ2v) is 2.35. The summed E-state index contributed by atoms with van der Waals surface area (Å²) in [4.78, 5) is 20.0. The first-order chi connectivity index (χ1) is 6.79. The van der Waals surface area contributed by atoms with Gasteiger partial charge < -0.3 is 18.9 Å². The van der Waals surface area contributed by atoms with E-state index in [1.165, 1.54) is 6.26 Å². The Labute approximate surface area is 80.4 Å². The molecule has 0 aromatic carbocycles. The molecular weight excluding hydrogens is 192 g/mol. The Kier molecular flexibility index (Phi) is 4.33. The summed E-state index contributed by atoms with van der Waals surface area (Å²) in [5.74, 6) is 0. The highest BCUT2D eigenvalue weighted by atomic mass is 16.7. The lowest BCUT2D eigenvalue weighted by molar-refractivity contribution is 0.0192. The predicted molar refractivity (Wildman–Crippen MR) is 43.5 cm³/mol. The van der Waals surface area contributed by atoms with Crippen molar-refractivity contribution in [3.05, 3.63) is 12.3 Å². The molecule has 0 aromatic heterocycles. The van der Waals surface area contributed by atoms with E-state index in [-0.39, 0.29) is 0 Å². The van der Waals surface area contributed by atoms with Gasteiger partial charge in [-0.25, -0.2) is 9.59 Å². The standard InChI is InChI=1S/C4H6O3.C4H4O3/c2*5-4-6-2-1-3-7-4/h1-3H2;1-2H,3H2. The fraction of sp³-hybridized carbons (Fsp3) is 0.500. The van der Waals surface area contributed by atoms with Gasteiger partial charge in [-0.2, -0.15) is 0 Å². The molecule has 6 nitrogen and oxygen atoms in total. The number of carbonyl (C=O) groups excluding carboxylic acids is 2. The molecule has 2 rings (SSSR count). The fourth-order valence-corrected chi connectivity index (χ4v) is 0.705. The summed E-state index contributed by atoms with van der Waals surface area (Å²) in [6, 6.07) is 0. The van der Waals surface area contributed by atoms with E-state index in [0.29, 0.717) is 19.8 Å². The second-order valence-electron chi connectivity index (χ2n) is 2.35. The molecule has 0 aromatic rings. The summed E-state index contributed by atoms with van der Waals surface area (Å²) < 4.78 is 17.4. The lowest BCUT2D eigenvalue weighted by atomic mass is 10.5. The van der Waals surface area contributed by atoms with Gasteiger partial charge in [0.25, 0.3) is 0 Å². The Morgan fingerprint density at radius 1 is 1.00 bits per heavy atom. The topological polar surface area (TPSA) is 71.1 Å². The molecule has 2 heterocycles. The van der Waals surface area contributed by atoms with Crippen molar-refractivity contribution in [2.45, 2.75) is 6.42 Å². The van der Waals surface area contributed by atoms with E-state index in [2.05, 4.69) is 18.9 Å². The van der Waals surface area contributed by atoms with Crippen molar-refractivity contribution in [2.24, 2.45) is 0 Å². The highest BCUT2D eigenvalue weighted by Crippen LogP contribution is 1.95. The van der Waals surface area contributed by atoms with Crippen LogP contribution in [0.3, 0.4) is 0 Å². The molecular formula is C8H10O6. The van der Waals surface area contributed by atoms with Crippen LogP contribution in [-0.4, -0.2) is 32.1 Å². The lowest BCUT2D eigenvalue weighted by Gasteiger charge is -2.09. The predicted octanol–water partition coefficient (Wildman–Crippen LogP) is 1.21. The average molecular weight is 202 g/mol. The van der Waals surface area contributed by atoms with Crippen molar-refractivity contribution in [3.8, 4) is 0 Å². The largest absolute Gasteiger partial charge is 0.513 e. The van der Waals surface area contributed by atoms with Gasteiger partial charge in [-0.3, -0.25) is 0 Å². The van der Waals surface area contributed by atoms with Crippen molar-refractivity contribution in [1.82, 2.24) is 0 Å². The Bertz CT molecular complexity index is 226. The van der Waals surface area contributed by atoms with Crippen LogP contribution in [0.25, 0.3) is 0 Å². The number of carbonyl (C=O) groups is 2. The van der Waals surface area contributed by atoms with Crippen molar-refractivity contribution in [1.29, 1.82) is 0 Å². The van der Waals surface area contributed by atoms with Gasteiger partial charge in [0.15, 0.2) is 0 Å². The average Bonchev–Trinajstić information content (AvgIpc) is 2.21. The quantitative estimate of drug-likeness (QED) is 0.550. The SMILES string of the molecule is O=C1OC=CCO1.O=C1OCCCO1. The fourth-order valence-electron chi connectivity index (χ4n) is 0.705. The number of hydrogen-bond donors (Lipinski definition) is 0. The molecule has 2 aliphatic heterocycles. The molecule has 0 radical (unpaired) electrons. The van der Waals surface area contributed by atoms with Gasteiger partial charge in [0, 0.05) is 6.42 Å². The third kappa shape index (κ3) is 4.34. The molecule has 0 amide bonds. The number of hydrogen-bond acceptors (Lipinski definition) is 6. The highest BCUT2D eigenvalue weighted by molar-refractivity contribution is 5.61. The van der Waals surface area contributed by atoms with Gasteiger partial charge in [0.2, 0.25) is 0 Å². The van der Waals surface area contributed by atoms with E-state index in [4.69, 9.17) is 0 Å². The van der Waals surface area contributed by atoms with Crippen LogP contribution in [0.4, 0.5) is 9.59 Å². The zero-order chi connectivity index (χ0) is 10.2. The van der Waals surface area contributed by atoms with Crippen molar-refractivity contribution in [2.75, 3.05) is 19.8 Å². The van der Waals surface area contributed by atoms with E-state index < -0.39 is 12.3 Å². The summed E-state index contributed by atoms with van der Waals surface area (Å²) in [7, 11) is 0. The first-order valence-corrected chi connectivity index (χ1v) is 4.07. The zero-order valence-corrected chi connectivity index (χ0v) is 7.43. The molecule has 0 spiro atoms. The van der Waals surface area contributed by atoms with E-state index in [1.807, 2.05) is 0 Å².